The number of ether oxygens (including phenoxy) is 3. The van der Waals surface area contributed by atoms with Crippen LogP contribution in [0.4, 0.5) is 0 Å². The first kappa shape index (κ1) is 9.44. The Hall–Kier alpha value is -0.120. The van der Waals surface area contributed by atoms with E-state index in [2.05, 4.69) is 6.92 Å². The fourth-order valence-electron chi connectivity index (χ4n) is 2.83. The molecule has 0 aromatic carbocycles. The SMILES string of the molecule is CO[C@H]1[C@H]2CCC[C@]1(OC)O[C@H]2C. The summed E-state index contributed by atoms with van der Waals surface area (Å²) in [6.45, 7) is 2.11. The van der Waals surface area contributed by atoms with Crippen molar-refractivity contribution >= 4 is 0 Å². The summed E-state index contributed by atoms with van der Waals surface area (Å²) in [7, 11) is 3.46. The molecule has 1 heterocycles. The van der Waals surface area contributed by atoms with Crippen LogP contribution in [-0.4, -0.2) is 32.2 Å². The highest BCUT2D eigenvalue weighted by Crippen LogP contribution is 2.47. The normalized spacial score (nSPS) is 49.6. The quantitative estimate of drug-likeness (QED) is 0.655. The van der Waals surface area contributed by atoms with Gasteiger partial charge in [0.1, 0.15) is 6.10 Å². The maximum atomic E-state index is 5.88. The van der Waals surface area contributed by atoms with Gasteiger partial charge in [0.25, 0.3) is 0 Å². The van der Waals surface area contributed by atoms with E-state index in [0.717, 1.165) is 6.42 Å². The second-order valence-corrected chi connectivity index (χ2v) is 4.05. The van der Waals surface area contributed by atoms with Gasteiger partial charge >= 0.3 is 0 Å². The minimum absolute atomic E-state index is 0.126. The van der Waals surface area contributed by atoms with Crippen LogP contribution in [0.25, 0.3) is 0 Å². The Bertz CT molecular complexity index is 195. The van der Waals surface area contributed by atoms with Gasteiger partial charge in [-0.15, -0.1) is 0 Å². The summed E-state index contributed by atoms with van der Waals surface area (Å²) in [6.07, 6.45) is 3.74. The van der Waals surface area contributed by atoms with Gasteiger partial charge in [-0.25, -0.2) is 0 Å². The lowest BCUT2D eigenvalue weighted by Gasteiger charge is -2.36. The second-order valence-electron chi connectivity index (χ2n) is 4.05. The number of fused-ring (bicyclic) bond motifs is 2. The number of rotatable bonds is 2. The Balaban J connectivity index is 2.24. The molecule has 0 spiro atoms. The zero-order valence-corrected chi connectivity index (χ0v) is 8.58. The Morgan fingerprint density at radius 2 is 2.15 bits per heavy atom. The van der Waals surface area contributed by atoms with Gasteiger partial charge in [0, 0.05) is 26.6 Å². The largest absolute Gasteiger partial charge is 0.375 e. The molecule has 2 aliphatic rings. The first-order valence-corrected chi connectivity index (χ1v) is 4.99. The van der Waals surface area contributed by atoms with Gasteiger partial charge in [-0.05, 0) is 19.8 Å². The average Bonchev–Trinajstić information content (AvgIpc) is 2.30. The third-order valence-electron chi connectivity index (χ3n) is 3.47. The van der Waals surface area contributed by atoms with Crippen LogP contribution in [0.15, 0.2) is 0 Å². The van der Waals surface area contributed by atoms with Crippen molar-refractivity contribution in [3.8, 4) is 0 Å². The van der Waals surface area contributed by atoms with E-state index < -0.39 is 5.79 Å². The summed E-state index contributed by atoms with van der Waals surface area (Å²) in [6, 6.07) is 0. The molecule has 4 atom stereocenters. The van der Waals surface area contributed by atoms with E-state index in [-0.39, 0.29) is 12.2 Å². The average molecular weight is 186 g/mol. The van der Waals surface area contributed by atoms with Crippen LogP contribution in [-0.2, 0) is 14.2 Å². The third kappa shape index (κ3) is 1.22. The van der Waals surface area contributed by atoms with E-state index in [1.165, 1.54) is 12.8 Å². The van der Waals surface area contributed by atoms with Crippen LogP contribution in [0.2, 0.25) is 0 Å². The summed E-state index contributed by atoms with van der Waals surface area (Å²) >= 11 is 0. The van der Waals surface area contributed by atoms with Crippen LogP contribution in [0, 0.1) is 5.92 Å². The standard InChI is InChI=1S/C10H18O3/c1-7-8-5-4-6-10(12-3,13-7)9(8)11-2/h7-9H,4-6H2,1-3H3/t7-,8-,9-,10-/m0/s1. The molecule has 2 bridgehead atoms. The highest BCUT2D eigenvalue weighted by molar-refractivity contribution is 4.99. The maximum absolute atomic E-state index is 5.88. The lowest BCUT2D eigenvalue weighted by molar-refractivity contribution is -0.254. The topological polar surface area (TPSA) is 27.7 Å². The molecule has 3 heteroatoms. The summed E-state index contributed by atoms with van der Waals surface area (Å²) in [4.78, 5) is 0. The number of hydrogen-bond donors (Lipinski definition) is 0. The highest BCUT2D eigenvalue weighted by Gasteiger charge is 2.56. The van der Waals surface area contributed by atoms with Gasteiger partial charge in [-0.3, -0.25) is 0 Å². The van der Waals surface area contributed by atoms with Crippen molar-refractivity contribution in [3.05, 3.63) is 0 Å². The van der Waals surface area contributed by atoms with E-state index in [9.17, 15) is 0 Å². The molecule has 1 aliphatic heterocycles. The second kappa shape index (κ2) is 3.23. The zero-order chi connectivity index (χ0) is 9.47. The fraction of sp³-hybridized carbons (Fsp3) is 1.00. The molecule has 3 nitrogen and oxygen atoms in total. The molecule has 0 unspecified atom stereocenters. The lowest BCUT2D eigenvalue weighted by atomic mass is 9.82. The van der Waals surface area contributed by atoms with Crippen molar-refractivity contribution in [1.82, 2.24) is 0 Å². The van der Waals surface area contributed by atoms with Crippen molar-refractivity contribution in [1.29, 1.82) is 0 Å². The smallest absolute Gasteiger partial charge is 0.195 e. The van der Waals surface area contributed by atoms with Crippen LogP contribution in [0.5, 0.6) is 0 Å². The van der Waals surface area contributed by atoms with Gasteiger partial charge in [0.15, 0.2) is 5.79 Å². The minimum Gasteiger partial charge on any atom is -0.375 e. The van der Waals surface area contributed by atoms with Crippen molar-refractivity contribution in [2.24, 2.45) is 5.92 Å². The van der Waals surface area contributed by atoms with Gasteiger partial charge < -0.3 is 14.2 Å². The van der Waals surface area contributed by atoms with Crippen LogP contribution >= 0.6 is 0 Å². The van der Waals surface area contributed by atoms with Gasteiger partial charge in [-0.2, -0.15) is 0 Å². The maximum Gasteiger partial charge on any atom is 0.195 e. The molecule has 0 radical (unpaired) electrons. The molecule has 0 amide bonds. The molecular weight excluding hydrogens is 168 g/mol. The fourth-order valence-corrected chi connectivity index (χ4v) is 2.83. The van der Waals surface area contributed by atoms with E-state index in [0.29, 0.717) is 5.92 Å². The van der Waals surface area contributed by atoms with Crippen LogP contribution < -0.4 is 0 Å². The molecule has 1 saturated heterocycles. The molecule has 13 heavy (non-hydrogen) atoms. The van der Waals surface area contributed by atoms with Crippen molar-refractivity contribution < 1.29 is 14.2 Å². The highest BCUT2D eigenvalue weighted by atomic mass is 16.7. The van der Waals surface area contributed by atoms with Crippen molar-refractivity contribution in [2.75, 3.05) is 14.2 Å². The van der Waals surface area contributed by atoms with E-state index in [4.69, 9.17) is 14.2 Å². The summed E-state index contributed by atoms with van der Waals surface area (Å²) in [5.74, 6) is 0.0653. The predicted molar refractivity (Wildman–Crippen MR) is 48.4 cm³/mol. The predicted octanol–water partition coefficient (Wildman–Crippen LogP) is 1.56. The molecule has 1 aliphatic carbocycles. The molecule has 0 N–H and O–H groups in total. The van der Waals surface area contributed by atoms with Gasteiger partial charge in [-0.1, -0.05) is 0 Å². The zero-order valence-electron chi connectivity index (χ0n) is 8.58. The molecular formula is C10H18O3. The summed E-state index contributed by atoms with van der Waals surface area (Å²) in [5, 5.41) is 0. The van der Waals surface area contributed by atoms with Gasteiger partial charge in [0.2, 0.25) is 0 Å². The van der Waals surface area contributed by atoms with E-state index >= 15 is 0 Å². The Labute approximate surface area is 79.4 Å². The van der Waals surface area contributed by atoms with E-state index in [1.54, 1.807) is 14.2 Å². The van der Waals surface area contributed by atoms with Crippen molar-refractivity contribution in [3.63, 3.8) is 0 Å². The van der Waals surface area contributed by atoms with E-state index in [1.807, 2.05) is 0 Å². The van der Waals surface area contributed by atoms with Crippen LogP contribution in [0.3, 0.4) is 0 Å². The molecule has 0 aromatic heterocycles. The van der Waals surface area contributed by atoms with Crippen LogP contribution in [0.1, 0.15) is 26.2 Å². The summed E-state index contributed by atoms with van der Waals surface area (Å²) in [5.41, 5.74) is 0. The lowest BCUT2D eigenvalue weighted by Crippen LogP contribution is -2.46. The number of methoxy groups -OCH3 is 2. The Kier molecular flexibility index (Phi) is 2.34. The number of hydrogen-bond acceptors (Lipinski definition) is 3. The molecule has 0 aromatic rings. The monoisotopic (exact) mass is 186 g/mol. The van der Waals surface area contributed by atoms with Gasteiger partial charge in [0.05, 0.1) is 6.10 Å². The van der Waals surface area contributed by atoms with Crippen molar-refractivity contribution in [2.45, 2.75) is 44.2 Å². The first-order valence-electron chi connectivity index (χ1n) is 4.99. The third-order valence-corrected chi connectivity index (χ3v) is 3.47. The molecule has 2 fully saturated rings. The summed E-state index contributed by atoms with van der Waals surface area (Å²) < 4.78 is 16.9. The molecule has 2 rings (SSSR count). The Morgan fingerprint density at radius 1 is 1.38 bits per heavy atom. The minimum atomic E-state index is -0.447. The molecule has 76 valence electrons. The first-order chi connectivity index (χ1) is 6.23. The Morgan fingerprint density at radius 3 is 2.69 bits per heavy atom. The molecule has 1 saturated carbocycles.